The fourth-order valence-electron chi connectivity index (χ4n) is 1.93. The van der Waals surface area contributed by atoms with Crippen molar-refractivity contribution in [2.45, 2.75) is 28.9 Å². The van der Waals surface area contributed by atoms with Crippen LogP contribution >= 0.6 is 23.4 Å². The Balaban J connectivity index is 2.14. The van der Waals surface area contributed by atoms with E-state index in [0.29, 0.717) is 6.54 Å². The summed E-state index contributed by atoms with van der Waals surface area (Å²) in [7, 11) is -3.64. The molecule has 0 unspecified atom stereocenters. The van der Waals surface area contributed by atoms with Gasteiger partial charge in [-0.25, -0.2) is 13.1 Å². The minimum atomic E-state index is -3.64. The van der Waals surface area contributed by atoms with Gasteiger partial charge in [-0.3, -0.25) is 4.79 Å². The zero-order valence-electron chi connectivity index (χ0n) is 10.4. The van der Waals surface area contributed by atoms with E-state index < -0.39 is 15.6 Å². The van der Waals surface area contributed by atoms with Gasteiger partial charge < -0.3 is 4.98 Å². The van der Waals surface area contributed by atoms with Crippen LogP contribution in [0.25, 0.3) is 0 Å². The molecule has 1 aliphatic rings. The molecular formula is C11H15ClN2O3S2. The molecule has 1 aromatic heterocycles. The summed E-state index contributed by atoms with van der Waals surface area (Å²) >= 11 is 7.33. The van der Waals surface area contributed by atoms with Crippen LogP contribution in [0, 0.1) is 0 Å². The number of pyridine rings is 1. The number of H-pyrrole nitrogens is 1. The molecule has 2 rings (SSSR count). The van der Waals surface area contributed by atoms with Crippen molar-refractivity contribution in [1.82, 2.24) is 9.71 Å². The predicted octanol–water partition coefficient (Wildman–Crippen LogP) is 1.59. The SMILES string of the molecule is CSC1(CNS(=O)(=O)c2c[nH]c(=O)c(Cl)c2)CCC1. The van der Waals surface area contributed by atoms with Crippen LogP contribution < -0.4 is 10.3 Å². The third-order valence-electron chi connectivity index (χ3n) is 3.42. The van der Waals surface area contributed by atoms with Crippen LogP contribution in [0.4, 0.5) is 0 Å². The number of rotatable bonds is 5. The van der Waals surface area contributed by atoms with E-state index in [0.717, 1.165) is 31.5 Å². The normalized spacial score (nSPS) is 18.0. The molecule has 0 atom stereocenters. The average molecular weight is 323 g/mol. The third-order valence-corrected chi connectivity index (χ3v) is 6.50. The molecule has 0 aliphatic heterocycles. The smallest absolute Gasteiger partial charge is 0.266 e. The van der Waals surface area contributed by atoms with Crippen molar-refractivity contribution in [2.24, 2.45) is 0 Å². The largest absolute Gasteiger partial charge is 0.326 e. The van der Waals surface area contributed by atoms with Crippen molar-refractivity contribution in [3.8, 4) is 0 Å². The second-order valence-electron chi connectivity index (χ2n) is 4.58. The van der Waals surface area contributed by atoms with E-state index in [4.69, 9.17) is 11.6 Å². The molecule has 1 heterocycles. The minimum Gasteiger partial charge on any atom is -0.326 e. The first-order valence-electron chi connectivity index (χ1n) is 5.82. The van der Waals surface area contributed by atoms with Crippen molar-refractivity contribution < 1.29 is 8.42 Å². The Kier molecular flexibility index (Phi) is 4.29. The lowest BCUT2D eigenvalue weighted by molar-refractivity contribution is 0.362. The molecular weight excluding hydrogens is 308 g/mol. The number of sulfonamides is 1. The number of thioether (sulfide) groups is 1. The Hall–Kier alpha value is -0.500. The number of hydrogen-bond donors (Lipinski definition) is 2. The Morgan fingerprint density at radius 2 is 2.21 bits per heavy atom. The summed E-state index contributed by atoms with van der Waals surface area (Å²) in [5.74, 6) is 0. The molecule has 8 heteroatoms. The van der Waals surface area contributed by atoms with E-state index in [1.54, 1.807) is 11.8 Å². The fourth-order valence-corrected chi connectivity index (χ4v) is 4.29. The number of aromatic nitrogens is 1. The van der Waals surface area contributed by atoms with Crippen LogP contribution in [0.2, 0.25) is 5.02 Å². The van der Waals surface area contributed by atoms with Crippen molar-refractivity contribution in [2.75, 3.05) is 12.8 Å². The van der Waals surface area contributed by atoms with E-state index in [1.807, 2.05) is 6.26 Å². The maximum atomic E-state index is 12.1. The van der Waals surface area contributed by atoms with Gasteiger partial charge in [-0.1, -0.05) is 18.0 Å². The summed E-state index contributed by atoms with van der Waals surface area (Å²) in [5, 5.41) is -0.133. The molecule has 0 amide bonds. The van der Waals surface area contributed by atoms with E-state index >= 15 is 0 Å². The molecule has 1 fully saturated rings. The molecule has 1 saturated carbocycles. The number of halogens is 1. The maximum Gasteiger partial charge on any atom is 0.266 e. The molecule has 19 heavy (non-hydrogen) atoms. The monoisotopic (exact) mass is 322 g/mol. The number of hydrogen-bond acceptors (Lipinski definition) is 4. The second kappa shape index (κ2) is 5.47. The van der Waals surface area contributed by atoms with Gasteiger partial charge in [0.05, 0.1) is 4.90 Å². The highest BCUT2D eigenvalue weighted by atomic mass is 35.5. The first kappa shape index (κ1) is 14.9. The first-order chi connectivity index (χ1) is 8.88. The van der Waals surface area contributed by atoms with Crippen LogP contribution in [0.3, 0.4) is 0 Å². The minimum absolute atomic E-state index is 0.0130. The Morgan fingerprint density at radius 3 is 2.68 bits per heavy atom. The van der Waals surface area contributed by atoms with Crippen LogP contribution in [0.15, 0.2) is 22.0 Å². The number of aromatic amines is 1. The highest BCUT2D eigenvalue weighted by Gasteiger charge is 2.37. The molecule has 0 bridgehead atoms. The molecule has 0 radical (unpaired) electrons. The molecule has 0 spiro atoms. The van der Waals surface area contributed by atoms with E-state index in [1.165, 1.54) is 0 Å². The van der Waals surface area contributed by atoms with Crippen LogP contribution in [0.1, 0.15) is 19.3 Å². The Bertz CT molecular complexity index is 618. The van der Waals surface area contributed by atoms with Gasteiger partial charge >= 0.3 is 0 Å². The lowest BCUT2D eigenvalue weighted by Gasteiger charge is -2.40. The van der Waals surface area contributed by atoms with Gasteiger partial charge in [0.15, 0.2) is 0 Å². The van der Waals surface area contributed by atoms with E-state index in [9.17, 15) is 13.2 Å². The summed E-state index contributed by atoms with van der Waals surface area (Å²) < 4.78 is 26.8. The van der Waals surface area contributed by atoms with Crippen molar-refractivity contribution in [3.05, 3.63) is 27.6 Å². The van der Waals surface area contributed by atoms with Gasteiger partial charge in [-0.05, 0) is 25.2 Å². The zero-order valence-corrected chi connectivity index (χ0v) is 12.8. The van der Waals surface area contributed by atoms with Gasteiger partial charge in [-0.15, -0.1) is 0 Å². The lowest BCUT2D eigenvalue weighted by Crippen LogP contribution is -2.45. The summed E-state index contributed by atoms with van der Waals surface area (Å²) in [5.41, 5.74) is -0.500. The van der Waals surface area contributed by atoms with Crippen molar-refractivity contribution >= 4 is 33.4 Å². The second-order valence-corrected chi connectivity index (χ2v) is 8.03. The molecule has 106 valence electrons. The standard InChI is InChI=1S/C11H15ClN2O3S2/c1-18-11(3-2-4-11)7-14-19(16,17)8-5-9(12)10(15)13-6-8/h5-6,14H,2-4,7H2,1H3,(H,13,15). The number of nitrogens with one attached hydrogen (secondary N) is 2. The maximum absolute atomic E-state index is 12.1. The van der Waals surface area contributed by atoms with Crippen LogP contribution in [0.5, 0.6) is 0 Å². The van der Waals surface area contributed by atoms with Gasteiger partial charge in [-0.2, -0.15) is 11.8 Å². The highest BCUT2D eigenvalue weighted by molar-refractivity contribution is 8.00. The summed E-state index contributed by atoms with van der Waals surface area (Å²) in [6.07, 6.45) is 6.31. The van der Waals surface area contributed by atoms with Gasteiger partial charge in [0.25, 0.3) is 5.56 Å². The topological polar surface area (TPSA) is 79.0 Å². The highest BCUT2D eigenvalue weighted by Crippen LogP contribution is 2.42. The Labute approximate surface area is 121 Å². The summed E-state index contributed by atoms with van der Waals surface area (Å²) in [6, 6.07) is 1.16. The van der Waals surface area contributed by atoms with Gasteiger partial charge in [0.2, 0.25) is 10.0 Å². The molecule has 0 aromatic carbocycles. The molecule has 2 N–H and O–H groups in total. The van der Waals surface area contributed by atoms with Crippen LogP contribution in [-0.2, 0) is 10.0 Å². The van der Waals surface area contributed by atoms with Gasteiger partial charge in [0, 0.05) is 17.5 Å². The molecule has 1 aromatic rings. The van der Waals surface area contributed by atoms with E-state index in [2.05, 4.69) is 9.71 Å². The third kappa shape index (κ3) is 3.16. The van der Waals surface area contributed by atoms with Gasteiger partial charge in [0.1, 0.15) is 5.02 Å². The lowest BCUT2D eigenvalue weighted by atomic mass is 9.84. The van der Waals surface area contributed by atoms with Crippen LogP contribution in [-0.4, -0.2) is 30.9 Å². The zero-order chi connectivity index (χ0) is 14.1. The fraction of sp³-hybridized carbons (Fsp3) is 0.545. The predicted molar refractivity (Wildman–Crippen MR) is 77.4 cm³/mol. The first-order valence-corrected chi connectivity index (χ1v) is 8.90. The summed E-state index contributed by atoms with van der Waals surface area (Å²) in [4.78, 5) is 13.4. The van der Waals surface area contributed by atoms with Crippen molar-refractivity contribution in [1.29, 1.82) is 0 Å². The molecule has 1 aliphatic carbocycles. The quantitative estimate of drug-likeness (QED) is 0.863. The average Bonchev–Trinajstić information content (AvgIpc) is 2.31. The summed E-state index contributed by atoms with van der Waals surface area (Å²) in [6.45, 7) is 0.396. The van der Waals surface area contributed by atoms with Crippen molar-refractivity contribution in [3.63, 3.8) is 0 Å². The van der Waals surface area contributed by atoms with E-state index in [-0.39, 0.29) is 14.7 Å². The molecule has 0 saturated heterocycles. The Morgan fingerprint density at radius 1 is 1.53 bits per heavy atom. The molecule has 5 nitrogen and oxygen atoms in total.